The minimum atomic E-state index is 0.735. The molecule has 4 rings (SSSR count). The van der Waals surface area contributed by atoms with Crippen LogP contribution < -0.4 is 4.90 Å². The quantitative estimate of drug-likeness (QED) is 0.208. The molecular weight excluding hydrogens is 428 g/mol. The number of benzene rings is 1. The number of anilines is 1. The van der Waals surface area contributed by atoms with Crippen LogP contribution in [0.4, 0.5) is 5.82 Å². The first-order valence-corrected chi connectivity index (χ1v) is 14.3. The summed E-state index contributed by atoms with van der Waals surface area (Å²) < 4.78 is 2.26. The third-order valence-corrected chi connectivity index (χ3v) is 7.92. The average Bonchev–Trinajstić information content (AvgIpc) is 3.46. The molecule has 1 aliphatic heterocycles. The third-order valence-electron chi connectivity index (χ3n) is 7.92. The van der Waals surface area contributed by atoms with E-state index < -0.39 is 0 Å². The van der Waals surface area contributed by atoms with Gasteiger partial charge in [0.25, 0.3) is 0 Å². The van der Waals surface area contributed by atoms with Gasteiger partial charge in [0.2, 0.25) is 0 Å². The molecule has 0 fully saturated rings. The monoisotopic (exact) mass is 472 g/mol. The van der Waals surface area contributed by atoms with Gasteiger partial charge in [-0.25, -0.2) is 4.98 Å². The molecule has 4 nitrogen and oxygen atoms in total. The lowest BCUT2D eigenvalue weighted by Crippen LogP contribution is -2.23. The molecule has 0 saturated carbocycles. The minimum absolute atomic E-state index is 0.735. The van der Waals surface area contributed by atoms with Crippen LogP contribution in [-0.4, -0.2) is 22.5 Å². The Hall–Kier alpha value is -2.54. The standard InChI is InChI=1S/C31H44N4/c1-3-4-5-6-7-8-9-10-11-12-13-14-15-18-22-34-23-21-26-25(2)27(24-32)30-33-28-19-16-17-20-29(28)35(30)31(26)34/h16-17,19-20H,3-15,18,21-23H2,1-2H3. The first-order valence-electron chi connectivity index (χ1n) is 14.3. The molecule has 0 unspecified atom stereocenters. The van der Waals surface area contributed by atoms with Crippen molar-refractivity contribution in [3.05, 3.63) is 41.0 Å². The number of fused-ring (bicyclic) bond motifs is 5. The number of imidazole rings is 1. The first kappa shape index (κ1) is 25.5. The maximum Gasteiger partial charge on any atom is 0.157 e. The van der Waals surface area contributed by atoms with Crippen molar-refractivity contribution in [2.45, 2.75) is 110 Å². The summed E-state index contributed by atoms with van der Waals surface area (Å²) in [5, 5.41) is 9.87. The second-order valence-corrected chi connectivity index (χ2v) is 10.5. The molecule has 0 amide bonds. The van der Waals surface area contributed by atoms with Gasteiger partial charge in [-0.05, 0) is 43.0 Å². The Balaban J connectivity index is 1.23. The smallest absolute Gasteiger partial charge is 0.157 e. The van der Waals surface area contributed by atoms with Crippen LogP contribution in [0.1, 0.15) is 114 Å². The summed E-state index contributed by atoms with van der Waals surface area (Å²) in [5.74, 6) is 1.28. The summed E-state index contributed by atoms with van der Waals surface area (Å²) in [6, 6.07) is 10.7. The van der Waals surface area contributed by atoms with Gasteiger partial charge in [-0.3, -0.25) is 4.40 Å². The van der Waals surface area contributed by atoms with E-state index in [-0.39, 0.29) is 0 Å². The highest BCUT2D eigenvalue weighted by molar-refractivity contribution is 5.86. The van der Waals surface area contributed by atoms with Crippen LogP contribution in [0.25, 0.3) is 16.7 Å². The maximum atomic E-state index is 9.87. The summed E-state index contributed by atoms with van der Waals surface area (Å²) in [4.78, 5) is 7.39. The molecule has 188 valence electrons. The summed E-state index contributed by atoms with van der Waals surface area (Å²) in [6.07, 6.45) is 20.5. The van der Waals surface area contributed by atoms with Crippen molar-refractivity contribution >= 4 is 22.5 Å². The van der Waals surface area contributed by atoms with E-state index in [0.29, 0.717) is 0 Å². The van der Waals surface area contributed by atoms with Crippen LogP contribution in [-0.2, 0) is 6.42 Å². The maximum absolute atomic E-state index is 9.87. The highest BCUT2D eigenvalue weighted by Gasteiger charge is 2.28. The van der Waals surface area contributed by atoms with E-state index in [1.54, 1.807) is 0 Å². The molecule has 0 radical (unpaired) electrons. The SMILES string of the molecule is CCCCCCCCCCCCCCCCN1CCc2c(C)c(C#N)c3nc4ccccc4n3c21. The zero-order chi connectivity index (χ0) is 24.5. The zero-order valence-corrected chi connectivity index (χ0v) is 22.1. The molecule has 0 bridgehead atoms. The summed E-state index contributed by atoms with van der Waals surface area (Å²) in [7, 11) is 0. The zero-order valence-electron chi connectivity index (χ0n) is 22.1. The van der Waals surface area contributed by atoms with E-state index >= 15 is 0 Å². The van der Waals surface area contributed by atoms with Crippen LogP contribution in [0.3, 0.4) is 0 Å². The molecule has 0 aliphatic carbocycles. The number of aromatic nitrogens is 2. The molecule has 4 heteroatoms. The summed E-state index contributed by atoms with van der Waals surface area (Å²) in [5.41, 5.74) is 6.09. The molecule has 0 N–H and O–H groups in total. The molecule has 0 spiro atoms. The van der Waals surface area contributed by atoms with Gasteiger partial charge in [-0.2, -0.15) is 5.26 Å². The number of nitrogens with zero attached hydrogens (tertiary/aromatic N) is 4. The average molecular weight is 473 g/mol. The van der Waals surface area contributed by atoms with Gasteiger partial charge in [0.1, 0.15) is 11.9 Å². The normalized spacial score (nSPS) is 13.1. The van der Waals surface area contributed by atoms with Crippen molar-refractivity contribution in [3.8, 4) is 6.07 Å². The van der Waals surface area contributed by atoms with Crippen LogP contribution in [0, 0.1) is 18.3 Å². The van der Waals surface area contributed by atoms with Crippen LogP contribution in [0.15, 0.2) is 24.3 Å². The largest absolute Gasteiger partial charge is 0.357 e. The number of rotatable bonds is 15. The number of pyridine rings is 1. The van der Waals surface area contributed by atoms with Crippen LogP contribution in [0.5, 0.6) is 0 Å². The molecule has 1 aliphatic rings. The molecule has 0 atom stereocenters. The summed E-state index contributed by atoms with van der Waals surface area (Å²) in [6.45, 7) is 6.54. The van der Waals surface area contributed by atoms with E-state index in [4.69, 9.17) is 4.98 Å². The lowest BCUT2D eigenvalue weighted by molar-refractivity contribution is 0.535. The number of hydrogen-bond acceptors (Lipinski definition) is 3. The number of hydrogen-bond donors (Lipinski definition) is 0. The van der Waals surface area contributed by atoms with E-state index in [1.807, 2.05) is 6.07 Å². The topological polar surface area (TPSA) is 44.3 Å². The molecule has 0 saturated heterocycles. The van der Waals surface area contributed by atoms with Crippen molar-refractivity contribution < 1.29 is 0 Å². The third kappa shape index (κ3) is 6.00. The Bertz CT molecular complexity index is 1140. The number of nitriles is 1. The van der Waals surface area contributed by atoms with Crippen LogP contribution in [0.2, 0.25) is 0 Å². The fraction of sp³-hybridized carbons (Fsp3) is 0.613. The van der Waals surface area contributed by atoms with Gasteiger partial charge in [-0.15, -0.1) is 0 Å². The molecular formula is C31H44N4. The lowest BCUT2D eigenvalue weighted by atomic mass is 10.0. The van der Waals surface area contributed by atoms with E-state index in [0.717, 1.165) is 47.3 Å². The van der Waals surface area contributed by atoms with E-state index in [9.17, 15) is 5.26 Å². The van der Waals surface area contributed by atoms with Gasteiger partial charge in [0, 0.05) is 13.1 Å². The highest BCUT2D eigenvalue weighted by atomic mass is 15.3. The molecule has 3 heterocycles. The molecule has 2 aromatic heterocycles. The predicted octanol–water partition coefficient (Wildman–Crippen LogP) is 8.51. The van der Waals surface area contributed by atoms with Gasteiger partial charge in [-0.1, -0.05) is 103 Å². The van der Waals surface area contributed by atoms with Crippen molar-refractivity contribution in [3.63, 3.8) is 0 Å². The Morgan fingerprint density at radius 2 is 1.46 bits per heavy atom. The van der Waals surface area contributed by atoms with Crippen molar-refractivity contribution in [1.29, 1.82) is 5.26 Å². The van der Waals surface area contributed by atoms with Crippen molar-refractivity contribution in [2.75, 3.05) is 18.0 Å². The van der Waals surface area contributed by atoms with Gasteiger partial charge in [0.15, 0.2) is 5.65 Å². The van der Waals surface area contributed by atoms with Crippen LogP contribution >= 0.6 is 0 Å². The van der Waals surface area contributed by atoms with Gasteiger partial charge in [0.05, 0.1) is 16.6 Å². The highest BCUT2D eigenvalue weighted by Crippen LogP contribution is 2.37. The minimum Gasteiger partial charge on any atom is -0.357 e. The lowest BCUT2D eigenvalue weighted by Gasteiger charge is -2.22. The Morgan fingerprint density at radius 3 is 2.09 bits per heavy atom. The first-order chi connectivity index (χ1) is 17.3. The fourth-order valence-electron chi connectivity index (χ4n) is 5.86. The van der Waals surface area contributed by atoms with Gasteiger partial charge < -0.3 is 4.90 Å². The molecule has 3 aromatic rings. The Kier molecular flexibility index (Phi) is 9.46. The Morgan fingerprint density at radius 1 is 0.857 bits per heavy atom. The fourth-order valence-corrected chi connectivity index (χ4v) is 5.86. The predicted molar refractivity (Wildman–Crippen MR) is 148 cm³/mol. The summed E-state index contributed by atoms with van der Waals surface area (Å²) >= 11 is 0. The second-order valence-electron chi connectivity index (χ2n) is 10.5. The number of para-hydroxylation sites is 2. The van der Waals surface area contributed by atoms with Gasteiger partial charge >= 0.3 is 0 Å². The molecule has 1 aromatic carbocycles. The van der Waals surface area contributed by atoms with Crippen molar-refractivity contribution in [1.82, 2.24) is 9.38 Å². The van der Waals surface area contributed by atoms with E-state index in [2.05, 4.69) is 47.4 Å². The van der Waals surface area contributed by atoms with Crippen molar-refractivity contribution in [2.24, 2.45) is 0 Å². The Labute approximate surface area is 212 Å². The van der Waals surface area contributed by atoms with E-state index in [1.165, 1.54) is 101 Å². The second kappa shape index (κ2) is 13.0. The number of unbranched alkanes of at least 4 members (excludes halogenated alkanes) is 13. The molecule has 35 heavy (non-hydrogen) atoms.